The summed E-state index contributed by atoms with van der Waals surface area (Å²) in [6, 6.07) is 18.7. The fourth-order valence-corrected chi connectivity index (χ4v) is 4.92. The number of ether oxygens (including phenoxy) is 1. The number of rotatable bonds is 5. The van der Waals surface area contributed by atoms with Crippen LogP contribution in [0.4, 0.5) is 10.1 Å². The first-order valence-corrected chi connectivity index (χ1v) is 11.5. The van der Waals surface area contributed by atoms with Gasteiger partial charge in [0, 0.05) is 5.02 Å². The third-order valence-corrected chi connectivity index (χ3v) is 6.58. The molecule has 0 aliphatic carbocycles. The first-order valence-electron chi connectivity index (χ1n) is 9.11. The van der Waals surface area contributed by atoms with Gasteiger partial charge in [-0.1, -0.05) is 59.8 Å². The highest BCUT2D eigenvalue weighted by Gasteiger charge is 2.33. The predicted molar refractivity (Wildman–Crippen MR) is 132 cm³/mol. The van der Waals surface area contributed by atoms with Crippen molar-refractivity contribution in [2.45, 2.75) is 6.61 Å². The summed E-state index contributed by atoms with van der Waals surface area (Å²) in [5.74, 6) is 0.174. The van der Waals surface area contributed by atoms with E-state index in [-0.39, 0.29) is 11.7 Å². The first-order chi connectivity index (χ1) is 14.9. The summed E-state index contributed by atoms with van der Waals surface area (Å²) in [7, 11) is 0. The summed E-state index contributed by atoms with van der Waals surface area (Å²) < 4.78 is 20.0. The molecule has 0 atom stereocenters. The van der Waals surface area contributed by atoms with Crippen LogP contribution in [0.3, 0.4) is 0 Å². The van der Waals surface area contributed by atoms with Crippen LogP contribution in [-0.4, -0.2) is 10.2 Å². The molecule has 0 spiro atoms. The molecule has 1 fully saturated rings. The average molecular weight is 535 g/mol. The van der Waals surface area contributed by atoms with Gasteiger partial charge in [-0.25, -0.2) is 4.39 Å². The molecule has 1 aliphatic heterocycles. The molecule has 156 valence electrons. The molecule has 0 unspecified atom stereocenters. The molecular weight excluding hydrogens is 521 g/mol. The molecule has 4 rings (SSSR count). The van der Waals surface area contributed by atoms with Gasteiger partial charge in [0.15, 0.2) is 4.32 Å². The number of nitrogens with zero attached hydrogens (tertiary/aromatic N) is 1. The van der Waals surface area contributed by atoms with Gasteiger partial charge in [-0.15, -0.1) is 0 Å². The Bertz CT molecular complexity index is 1200. The second kappa shape index (κ2) is 9.53. The molecule has 0 aromatic heterocycles. The quantitative estimate of drug-likeness (QED) is 0.255. The van der Waals surface area contributed by atoms with Crippen molar-refractivity contribution in [2.24, 2.45) is 0 Å². The number of anilines is 1. The van der Waals surface area contributed by atoms with Crippen LogP contribution in [0.5, 0.6) is 5.75 Å². The lowest BCUT2D eigenvalue weighted by molar-refractivity contribution is -0.113. The van der Waals surface area contributed by atoms with E-state index in [1.165, 1.54) is 28.8 Å². The van der Waals surface area contributed by atoms with Crippen LogP contribution < -0.4 is 9.64 Å². The Labute approximate surface area is 202 Å². The number of thiocarbonyl (C=S) groups is 1. The van der Waals surface area contributed by atoms with Gasteiger partial charge in [-0.05, 0) is 75.6 Å². The van der Waals surface area contributed by atoms with Crippen LogP contribution in [0.15, 0.2) is 76.1 Å². The largest absolute Gasteiger partial charge is 0.488 e. The number of hydrogen-bond acceptors (Lipinski definition) is 4. The normalized spacial score (nSPS) is 15.1. The standard InChI is InChI=1S/C23H14BrClFNO2S2/c24-19-10-15(6-9-20(19)29-13-14-4-7-17(26)8-5-14)11-21-22(28)27(23(30)31-21)18-3-1-2-16(25)12-18/h1-12H,13H2/b21-11+. The average Bonchev–Trinajstić information content (AvgIpc) is 3.01. The zero-order chi connectivity index (χ0) is 22.0. The number of benzene rings is 3. The smallest absolute Gasteiger partial charge is 0.270 e. The maximum Gasteiger partial charge on any atom is 0.270 e. The zero-order valence-corrected chi connectivity index (χ0v) is 19.8. The summed E-state index contributed by atoms with van der Waals surface area (Å²) in [4.78, 5) is 14.9. The minimum atomic E-state index is -0.282. The van der Waals surface area contributed by atoms with E-state index in [1.807, 2.05) is 18.2 Å². The fourth-order valence-electron chi connectivity index (χ4n) is 2.92. The number of carbonyl (C=O) groups excluding carboxylic acids is 1. The molecule has 3 nitrogen and oxygen atoms in total. The Morgan fingerprint density at radius 1 is 1.13 bits per heavy atom. The van der Waals surface area contributed by atoms with E-state index in [9.17, 15) is 9.18 Å². The number of amides is 1. The summed E-state index contributed by atoms with van der Waals surface area (Å²) in [6.45, 7) is 0.316. The predicted octanol–water partition coefficient (Wildman–Crippen LogP) is 7.23. The van der Waals surface area contributed by atoms with Crippen LogP contribution in [0.1, 0.15) is 11.1 Å². The third-order valence-electron chi connectivity index (χ3n) is 4.42. The molecule has 0 N–H and O–H groups in total. The molecule has 0 radical (unpaired) electrons. The lowest BCUT2D eigenvalue weighted by Crippen LogP contribution is -2.27. The van der Waals surface area contributed by atoms with Gasteiger partial charge in [0.25, 0.3) is 5.91 Å². The van der Waals surface area contributed by atoms with E-state index in [2.05, 4.69) is 15.9 Å². The van der Waals surface area contributed by atoms with E-state index >= 15 is 0 Å². The molecule has 1 saturated heterocycles. The highest BCUT2D eigenvalue weighted by Crippen LogP contribution is 2.37. The first kappa shape index (κ1) is 22.0. The Kier molecular flexibility index (Phi) is 6.77. The van der Waals surface area contributed by atoms with Crippen LogP contribution in [0.25, 0.3) is 6.08 Å². The number of thioether (sulfide) groups is 1. The van der Waals surface area contributed by atoms with Crippen LogP contribution >= 0.6 is 51.5 Å². The second-order valence-corrected chi connectivity index (χ2v) is 9.57. The SMILES string of the molecule is O=C1/C(=C\c2ccc(OCc3ccc(F)cc3)c(Br)c2)SC(=S)N1c1cccc(Cl)c1. The monoisotopic (exact) mass is 533 g/mol. The Balaban J connectivity index is 1.49. The van der Waals surface area contributed by atoms with Gasteiger partial charge in [0.2, 0.25) is 0 Å². The van der Waals surface area contributed by atoms with Crippen LogP contribution in [0.2, 0.25) is 5.02 Å². The second-order valence-electron chi connectivity index (χ2n) is 6.60. The van der Waals surface area contributed by atoms with Gasteiger partial charge < -0.3 is 4.74 Å². The highest BCUT2D eigenvalue weighted by atomic mass is 79.9. The van der Waals surface area contributed by atoms with Gasteiger partial charge in [-0.3, -0.25) is 9.69 Å². The number of halogens is 3. The van der Waals surface area contributed by atoms with E-state index in [4.69, 9.17) is 28.6 Å². The van der Waals surface area contributed by atoms with Gasteiger partial charge in [-0.2, -0.15) is 0 Å². The lowest BCUT2D eigenvalue weighted by Gasteiger charge is -2.14. The molecule has 8 heteroatoms. The van der Waals surface area contributed by atoms with Crippen LogP contribution in [0, 0.1) is 5.82 Å². The van der Waals surface area contributed by atoms with E-state index < -0.39 is 0 Å². The van der Waals surface area contributed by atoms with Crippen molar-refractivity contribution in [3.63, 3.8) is 0 Å². The number of carbonyl (C=O) groups is 1. The molecule has 1 heterocycles. The number of hydrogen-bond donors (Lipinski definition) is 0. The maximum absolute atomic E-state index is 13.0. The molecular formula is C23H14BrClFNO2S2. The molecule has 0 bridgehead atoms. The van der Waals surface area contributed by atoms with Crippen molar-refractivity contribution in [1.82, 2.24) is 0 Å². The summed E-state index contributed by atoms with van der Waals surface area (Å²) in [5, 5.41) is 0.538. The minimum Gasteiger partial charge on any atom is -0.488 e. The Morgan fingerprint density at radius 3 is 2.61 bits per heavy atom. The van der Waals surface area contributed by atoms with Gasteiger partial charge >= 0.3 is 0 Å². The van der Waals surface area contributed by atoms with E-state index in [0.29, 0.717) is 32.3 Å². The molecule has 1 amide bonds. The van der Waals surface area contributed by atoms with Gasteiger partial charge in [0.1, 0.15) is 18.2 Å². The van der Waals surface area contributed by atoms with Gasteiger partial charge in [0.05, 0.1) is 15.1 Å². The summed E-state index contributed by atoms with van der Waals surface area (Å²) in [6.07, 6.45) is 1.79. The molecule has 3 aromatic rings. The minimum absolute atomic E-state index is 0.190. The molecule has 1 aliphatic rings. The topological polar surface area (TPSA) is 29.5 Å². The van der Waals surface area contributed by atoms with E-state index in [1.54, 1.807) is 42.5 Å². The van der Waals surface area contributed by atoms with Crippen molar-refractivity contribution >= 4 is 73.5 Å². The molecule has 0 saturated carbocycles. The van der Waals surface area contributed by atoms with E-state index in [0.717, 1.165) is 15.6 Å². The van der Waals surface area contributed by atoms with Crippen LogP contribution in [-0.2, 0) is 11.4 Å². The Morgan fingerprint density at radius 2 is 1.90 bits per heavy atom. The summed E-state index contributed by atoms with van der Waals surface area (Å²) >= 11 is 16.2. The zero-order valence-electron chi connectivity index (χ0n) is 15.8. The van der Waals surface area contributed by atoms with Crippen molar-refractivity contribution in [3.05, 3.63) is 98.1 Å². The summed E-state index contributed by atoms with van der Waals surface area (Å²) in [5.41, 5.74) is 2.33. The maximum atomic E-state index is 13.0. The highest BCUT2D eigenvalue weighted by molar-refractivity contribution is 9.10. The molecule has 31 heavy (non-hydrogen) atoms. The van der Waals surface area contributed by atoms with Crippen molar-refractivity contribution in [3.8, 4) is 5.75 Å². The van der Waals surface area contributed by atoms with Crippen molar-refractivity contribution in [1.29, 1.82) is 0 Å². The lowest BCUT2D eigenvalue weighted by atomic mass is 10.2. The third kappa shape index (κ3) is 5.18. The van der Waals surface area contributed by atoms with Crippen molar-refractivity contribution < 1.29 is 13.9 Å². The van der Waals surface area contributed by atoms with Crippen molar-refractivity contribution in [2.75, 3.05) is 4.90 Å². The fraction of sp³-hybridized carbons (Fsp3) is 0.0435. The molecule has 3 aromatic carbocycles. The Hall–Kier alpha value is -2.19.